The van der Waals surface area contributed by atoms with Gasteiger partial charge in [0, 0.05) is 12.4 Å². The zero-order valence-corrected chi connectivity index (χ0v) is 9.96. The van der Waals surface area contributed by atoms with Crippen LogP contribution in [-0.4, -0.2) is 15.8 Å². The van der Waals surface area contributed by atoms with E-state index in [2.05, 4.69) is 25.8 Å². The first kappa shape index (κ1) is 10.9. The zero-order chi connectivity index (χ0) is 12.4. The van der Waals surface area contributed by atoms with Gasteiger partial charge in [0.05, 0.1) is 5.69 Å². The van der Waals surface area contributed by atoms with Gasteiger partial charge in [-0.1, -0.05) is 12.1 Å². The number of hydrogen-bond donors (Lipinski definition) is 2. The minimum absolute atomic E-state index is 0.561. The second-order valence-corrected chi connectivity index (χ2v) is 4.21. The lowest BCUT2D eigenvalue weighted by molar-refractivity contribution is 0.387. The molecule has 0 radical (unpaired) electrons. The van der Waals surface area contributed by atoms with Crippen LogP contribution < -0.4 is 10.9 Å². The van der Waals surface area contributed by atoms with Crippen LogP contribution in [0.1, 0.15) is 18.3 Å². The standard InChI is InChI=1S/C13H13N5/c1-13(11-7-3-5-9-15-11)16-12(17-18-13)10-6-2-4-8-14-10/h2-9,18H,1H3,(H,16,17). The quantitative estimate of drug-likeness (QED) is 0.826. The lowest BCUT2D eigenvalue weighted by atomic mass is 10.1. The van der Waals surface area contributed by atoms with Crippen LogP contribution in [0.25, 0.3) is 0 Å². The molecule has 1 aliphatic rings. The van der Waals surface area contributed by atoms with Crippen molar-refractivity contribution in [2.75, 3.05) is 0 Å². The van der Waals surface area contributed by atoms with Gasteiger partial charge < -0.3 is 5.43 Å². The van der Waals surface area contributed by atoms with E-state index in [-0.39, 0.29) is 0 Å². The van der Waals surface area contributed by atoms with Crippen molar-refractivity contribution in [2.45, 2.75) is 12.6 Å². The largest absolute Gasteiger partial charge is 0.302 e. The highest BCUT2D eigenvalue weighted by Crippen LogP contribution is 2.23. The monoisotopic (exact) mass is 239 g/mol. The van der Waals surface area contributed by atoms with E-state index in [1.165, 1.54) is 0 Å². The Labute approximate surface area is 105 Å². The summed E-state index contributed by atoms with van der Waals surface area (Å²) in [6.45, 7) is 1.97. The summed E-state index contributed by atoms with van der Waals surface area (Å²) in [5.41, 5.74) is 7.31. The molecule has 1 aliphatic heterocycles. The molecular formula is C13H13N5. The number of aliphatic imine (C=N–C) groups is 1. The molecule has 3 heterocycles. The summed E-state index contributed by atoms with van der Waals surface area (Å²) >= 11 is 0. The van der Waals surface area contributed by atoms with Gasteiger partial charge in [0.15, 0.2) is 11.5 Å². The fraction of sp³-hybridized carbons (Fsp3) is 0.154. The van der Waals surface area contributed by atoms with Gasteiger partial charge in [-0.3, -0.25) is 9.97 Å². The molecule has 2 aromatic rings. The van der Waals surface area contributed by atoms with Crippen molar-refractivity contribution in [1.29, 1.82) is 0 Å². The highest BCUT2D eigenvalue weighted by molar-refractivity contribution is 5.98. The first-order chi connectivity index (χ1) is 8.78. The molecule has 1 unspecified atom stereocenters. The van der Waals surface area contributed by atoms with E-state index in [1.807, 2.05) is 43.3 Å². The van der Waals surface area contributed by atoms with Crippen LogP contribution in [0.5, 0.6) is 0 Å². The third-order valence-electron chi connectivity index (χ3n) is 2.83. The predicted octanol–water partition coefficient (Wildman–Crippen LogP) is 1.20. The van der Waals surface area contributed by atoms with Crippen LogP contribution in [-0.2, 0) is 5.66 Å². The SMILES string of the molecule is CC1(c2ccccn2)N=C(c2ccccn2)NN1. The summed E-state index contributed by atoms with van der Waals surface area (Å²) in [5, 5.41) is 0. The summed E-state index contributed by atoms with van der Waals surface area (Å²) in [4.78, 5) is 13.2. The van der Waals surface area contributed by atoms with E-state index in [4.69, 9.17) is 0 Å². The second kappa shape index (κ2) is 4.19. The average molecular weight is 239 g/mol. The normalized spacial score (nSPS) is 22.4. The van der Waals surface area contributed by atoms with Crippen LogP contribution in [0.2, 0.25) is 0 Å². The van der Waals surface area contributed by atoms with Crippen molar-refractivity contribution in [3.05, 3.63) is 60.2 Å². The predicted molar refractivity (Wildman–Crippen MR) is 68.6 cm³/mol. The molecule has 0 spiro atoms. The summed E-state index contributed by atoms with van der Waals surface area (Å²) in [6, 6.07) is 11.5. The highest BCUT2D eigenvalue weighted by Gasteiger charge is 2.33. The number of nitrogens with one attached hydrogen (secondary N) is 2. The number of hydrazine groups is 1. The highest BCUT2D eigenvalue weighted by atomic mass is 15.5. The maximum absolute atomic E-state index is 4.63. The van der Waals surface area contributed by atoms with Gasteiger partial charge >= 0.3 is 0 Å². The van der Waals surface area contributed by atoms with Gasteiger partial charge in [0.2, 0.25) is 0 Å². The number of pyridine rings is 2. The molecule has 5 heteroatoms. The molecule has 2 aromatic heterocycles. The van der Waals surface area contributed by atoms with E-state index in [0.29, 0.717) is 0 Å². The third kappa shape index (κ3) is 1.84. The Morgan fingerprint density at radius 1 is 1.00 bits per heavy atom. The summed E-state index contributed by atoms with van der Waals surface area (Å²) in [7, 11) is 0. The molecule has 0 saturated heterocycles. The first-order valence-electron chi connectivity index (χ1n) is 5.74. The second-order valence-electron chi connectivity index (χ2n) is 4.21. The van der Waals surface area contributed by atoms with Crippen LogP contribution in [0.4, 0.5) is 0 Å². The van der Waals surface area contributed by atoms with Gasteiger partial charge in [0.25, 0.3) is 0 Å². The van der Waals surface area contributed by atoms with Crippen molar-refractivity contribution in [1.82, 2.24) is 20.8 Å². The Balaban J connectivity index is 1.96. The molecule has 2 N–H and O–H groups in total. The third-order valence-corrected chi connectivity index (χ3v) is 2.83. The number of nitrogens with zero attached hydrogens (tertiary/aromatic N) is 3. The van der Waals surface area contributed by atoms with E-state index in [0.717, 1.165) is 17.2 Å². The molecule has 1 atom stereocenters. The van der Waals surface area contributed by atoms with Gasteiger partial charge in [-0.2, -0.15) is 0 Å². The molecular weight excluding hydrogens is 226 g/mol. The minimum Gasteiger partial charge on any atom is -0.302 e. The van der Waals surface area contributed by atoms with Crippen LogP contribution in [0, 0.1) is 0 Å². The van der Waals surface area contributed by atoms with Crippen molar-refractivity contribution in [2.24, 2.45) is 4.99 Å². The molecule has 0 amide bonds. The molecule has 3 rings (SSSR count). The average Bonchev–Trinajstić information content (AvgIpc) is 2.85. The smallest absolute Gasteiger partial charge is 0.168 e. The molecule has 0 fully saturated rings. The maximum atomic E-state index is 4.63. The van der Waals surface area contributed by atoms with E-state index < -0.39 is 5.66 Å². The Morgan fingerprint density at radius 2 is 1.78 bits per heavy atom. The summed E-state index contributed by atoms with van der Waals surface area (Å²) in [5.74, 6) is 0.726. The molecule has 0 bridgehead atoms. The Kier molecular flexibility index (Phi) is 2.53. The fourth-order valence-electron chi connectivity index (χ4n) is 1.86. The number of hydrogen-bond acceptors (Lipinski definition) is 5. The number of aromatic nitrogens is 2. The zero-order valence-electron chi connectivity index (χ0n) is 9.96. The van der Waals surface area contributed by atoms with Crippen LogP contribution in [0.3, 0.4) is 0 Å². The van der Waals surface area contributed by atoms with E-state index in [9.17, 15) is 0 Å². The van der Waals surface area contributed by atoms with Gasteiger partial charge in [-0.25, -0.2) is 10.4 Å². The maximum Gasteiger partial charge on any atom is 0.168 e. The van der Waals surface area contributed by atoms with Crippen molar-refractivity contribution in [3.63, 3.8) is 0 Å². The van der Waals surface area contributed by atoms with Crippen molar-refractivity contribution in [3.8, 4) is 0 Å². The lowest BCUT2D eigenvalue weighted by Gasteiger charge is -2.19. The fourth-order valence-corrected chi connectivity index (χ4v) is 1.86. The number of rotatable bonds is 2. The Hall–Kier alpha value is -2.27. The molecule has 5 nitrogen and oxygen atoms in total. The van der Waals surface area contributed by atoms with Gasteiger partial charge in [-0.05, 0) is 31.2 Å². The molecule has 0 aliphatic carbocycles. The van der Waals surface area contributed by atoms with Crippen LogP contribution in [0.15, 0.2) is 53.8 Å². The molecule has 90 valence electrons. The molecule has 0 aromatic carbocycles. The van der Waals surface area contributed by atoms with Crippen molar-refractivity contribution < 1.29 is 0 Å². The van der Waals surface area contributed by atoms with Crippen LogP contribution >= 0.6 is 0 Å². The Morgan fingerprint density at radius 3 is 2.44 bits per heavy atom. The van der Waals surface area contributed by atoms with Gasteiger partial charge in [-0.15, -0.1) is 0 Å². The van der Waals surface area contributed by atoms with Gasteiger partial charge in [0.1, 0.15) is 5.69 Å². The molecule has 0 saturated carbocycles. The summed E-state index contributed by atoms with van der Waals surface area (Å²) < 4.78 is 0. The first-order valence-corrected chi connectivity index (χ1v) is 5.74. The Bertz CT molecular complexity index is 566. The lowest BCUT2D eigenvalue weighted by Crippen LogP contribution is -2.42. The van der Waals surface area contributed by atoms with E-state index in [1.54, 1.807) is 12.4 Å². The topological polar surface area (TPSA) is 62.2 Å². The van der Waals surface area contributed by atoms with Crippen molar-refractivity contribution >= 4 is 5.84 Å². The number of amidine groups is 1. The minimum atomic E-state index is -0.561. The summed E-state index contributed by atoms with van der Waals surface area (Å²) in [6.07, 6.45) is 3.51. The molecule has 18 heavy (non-hydrogen) atoms. The van der Waals surface area contributed by atoms with E-state index >= 15 is 0 Å².